The van der Waals surface area contributed by atoms with Crippen molar-refractivity contribution in [3.05, 3.63) is 112 Å². The maximum absolute atomic E-state index is 14.8. The van der Waals surface area contributed by atoms with E-state index in [-0.39, 0.29) is 18.7 Å². The molecule has 44 heavy (non-hydrogen) atoms. The standard InChI is InChI=1S/C31H32BrF5N6O/c1-40(18-30(44,19-43-21-38-20-39-43)27-9-6-25(33)15-29(27)34)16-22-2-7-26(8-3-22)42-12-10-41(11-13-42)17-23-4-5-24(14-28(23)32)31(35,36)37/h2-9,14-15,20-21,44H,10-13,16-19H2,1H3. The number of halogens is 6. The van der Waals surface area contributed by atoms with Gasteiger partial charge >= 0.3 is 6.18 Å². The molecule has 1 aliphatic rings. The van der Waals surface area contributed by atoms with Crippen LogP contribution >= 0.6 is 15.9 Å². The van der Waals surface area contributed by atoms with Gasteiger partial charge in [-0.25, -0.2) is 18.4 Å². The van der Waals surface area contributed by atoms with Crippen molar-refractivity contribution < 1.29 is 27.1 Å². The Morgan fingerprint density at radius 3 is 2.30 bits per heavy atom. The van der Waals surface area contributed by atoms with E-state index in [1.54, 1.807) is 0 Å². The largest absolute Gasteiger partial charge is 0.416 e. The Bertz CT molecular complexity index is 1540. The number of alkyl halides is 3. The molecule has 1 unspecified atom stereocenters. The summed E-state index contributed by atoms with van der Waals surface area (Å²) in [7, 11) is 1.82. The van der Waals surface area contributed by atoms with Crippen molar-refractivity contribution >= 4 is 21.6 Å². The van der Waals surface area contributed by atoms with Gasteiger partial charge in [-0.15, -0.1) is 0 Å². The summed E-state index contributed by atoms with van der Waals surface area (Å²) < 4.78 is 69.2. The highest BCUT2D eigenvalue weighted by molar-refractivity contribution is 9.10. The van der Waals surface area contributed by atoms with Crippen molar-refractivity contribution in [2.75, 3.05) is 44.7 Å². The zero-order chi connectivity index (χ0) is 31.5. The summed E-state index contributed by atoms with van der Waals surface area (Å²) in [6.07, 6.45) is -1.62. The monoisotopic (exact) mass is 678 g/mol. The van der Waals surface area contributed by atoms with Gasteiger partial charge in [-0.05, 0) is 48.5 Å². The van der Waals surface area contributed by atoms with Gasteiger partial charge in [-0.3, -0.25) is 9.80 Å². The van der Waals surface area contributed by atoms with Gasteiger partial charge in [0.05, 0.1) is 12.1 Å². The number of aromatic nitrogens is 3. The molecule has 2 heterocycles. The Labute approximate surface area is 260 Å². The molecule has 1 saturated heterocycles. The predicted octanol–water partition coefficient (Wildman–Crippen LogP) is 5.68. The first-order chi connectivity index (χ1) is 20.9. The summed E-state index contributed by atoms with van der Waals surface area (Å²) >= 11 is 3.29. The molecule has 4 aromatic rings. The maximum Gasteiger partial charge on any atom is 0.416 e. The molecule has 7 nitrogen and oxygen atoms in total. The van der Waals surface area contributed by atoms with Gasteiger partial charge in [0.25, 0.3) is 0 Å². The molecule has 1 aromatic heterocycles. The number of rotatable bonds is 10. The molecule has 1 N–H and O–H groups in total. The molecule has 1 aliphatic heterocycles. The number of hydrogen-bond acceptors (Lipinski definition) is 6. The summed E-state index contributed by atoms with van der Waals surface area (Å²) in [5.41, 5.74) is 0.469. The highest BCUT2D eigenvalue weighted by Crippen LogP contribution is 2.33. The smallest absolute Gasteiger partial charge is 0.382 e. The third-order valence-electron chi connectivity index (χ3n) is 7.75. The quantitative estimate of drug-likeness (QED) is 0.218. The molecule has 1 fully saturated rings. The van der Waals surface area contributed by atoms with Gasteiger partial charge in [-0.2, -0.15) is 18.3 Å². The number of nitrogens with zero attached hydrogens (tertiary/aromatic N) is 6. The second-order valence-corrected chi connectivity index (χ2v) is 12.0. The minimum atomic E-state index is -4.37. The van der Waals surface area contributed by atoms with Crippen LogP contribution in [-0.4, -0.2) is 69.4 Å². The van der Waals surface area contributed by atoms with Gasteiger partial charge in [0.2, 0.25) is 0 Å². The maximum atomic E-state index is 14.8. The van der Waals surface area contributed by atoms with Crippen LogP contribution in [0.4, 0.5) is 27.6 Å². The Morgan fingerprint density at radius 1 is 0.955 bits per heavy atom. The van der Waals surface area contributed by atoms with Crippen molar-refractivity contribution in [2.24, 2.45) is 0 Å². The van der Waals surface area contributed by atoms with Crippen LogP contribution in [0.15, 0.2) is 77.8 Å². The van der Waals surface area contributed by atoms with Crippen molar-refractivity contribution in [3.8, 4) is 0 Å². The van der Waals surface area contributed by atoms with Gasteiger partial charge < -0.3 is 10.0 Å². The summed E-state index contributed by atoms with van der Waals surface area (Å²) in [6, 6.07) is 15.0. The van der Waals surface area contributed by atoms with E-state index in [9.17, 15) is 27.1 Å². The normalized spacial score (nSPS) is 16.0. The number of aliphatic hydroxyl groups is 1. The van der Waals surface area contributed by atoms with Crippen LogP contribution in [0.3, 0.4) is 0 Å². The number of benzene rings is 3. The molecule has 0 aliphatic carbocycles. The Morgan fingerprint density at radius 2 is 1.68 bits per heavy atom. The third-order valence-corrected chi connectivity index (χ3v) is 8.49. The van der Waals surface area contributed by atoms with E-state index in [0.717, 1.165) is 67.3 Å². The van der Waals surface area contributed by atoms with Crippen LogP contribution < -0.4 is 4.90 Å². The minimum Gasteiger partial charge on any atom is -0.382 e. The highest BCUT2D eigenvalue weighted by atomic mass is 79.9. The number of anilines is 1. The molecule has 0 spiro atoms. The molecule has 13 heteroatoms. The van der Waals surface area contributed by atoms with Gasteiger partial charge in [0, 0.05) is 67.6 Å². The molecule has 0 saturated carbocycles. The number of likely N-dealkylation sites (N-methyl/N-ethyl adjacent to an activating group) is 1. The van der Waals surface area contributed by atoms with E-state index in [4.69, 9.17) is 0 Å². The third kappa shape index (κ3) is 7.81. The zero-order valence-electron chi connectivity index (χ0n) is 24.0. The summed E-state index contributed by atoms with van der Waals surface area (Å²) in [5, 5.41) is 15.7. The van der Waals surface area contributed by atoms with Crippen molar-refractivity contribution in [1.82, 2.24) is 24.6 Å². The molecule has 1 atom stereocenters. The van der Waals surface area contributed by atoms with Crippen molar-refractivity contribution in [1.29, 1.82) is 0 Å². The zero-order valence-corrected chi connectivity index (χ0v) is 25.6. The first kappa shape index (κ1) is 32.0. The summed E-state index contributed by atoms with van der Waals surface area (Å²) in [4.78, 5) is 10.2. The molecular formula is C31H32BrF5N6O. The highest BCUT2D eigenvalue weighted by Gasteiger charge is 2.35. The van der Waals surface area contributed by atoms with Crippen LogP contribution in [0.25, 0.3) is 0 Å². The SMILES string of the molecule is CN(Cc1ccc(N2CCN(Cc3ccc(C(F)(F)F)cc3Br)CC2)cc1)CC(O)(Cn1cncn1)c1ccc(F)cc1F. The average Bonchev–Trinajstić information content (AvgIpc) is 3.47. The lowest BCUT2D eigenvalue weighted by Gasteiger charge is -2.36. The van der Waals surface area contributed by atoms with Gasteiger partial charge in [0.1, 0.15) is 29.9 Å². The lowest BCUT2D eigenvalue weighted by Crippen LogP contribution is -2.46. The molecule has 0 amide bonds. The van der Waals surface area contributed by atoms with Crippen LogP contribution in [0.1, 0.15) is 22.3 Å². The molecule has 0 radical (unpaired) electrons. The van der Waals surface area contributed by atoms with Crippen LogP contribution in [0.5, 0.6) is 0 Å². The van der Waals surface area contributed by atoms with Crippen LogP contribution in [-0.2, 0) is 31.4 Å². The van der Waals surface area contributed by atoms with Gasteiger partial charge in [0.15, 0.2) is 0 Å². The first-order valence-corrected chi connectivity index (χ1v) is 14.8. The van der Waals surface area contributed by atoms with E-state index in [1.165, 1.54) is 29.5 Å². The second kappa shape index (κ2) is 13.3. The van der Waals surface area contributed by atoms with E-state index < -0.39 is 29.0 Å². The Balaban J connectivity index is 1.17. The number of piperazine rings is 1. The van der Waals surface area contributed by atoms with Crippen LogP contribution in [0, 0.1) is 11.6 Å². The lowest BCUT2D eigenvalue weighted by molar-refractivity contribution is -0.137. The second-order valence-electron chi connectivity index (χ2n) is 11.2. The van der Waals surface area contributed by atoms with Crippen molar-refractivity contribution in [2.45, 2.75) is 31.4 Å². The molecule has 3 aromatic carbocycles. The fourth-order valence-corrected chi connectivity index (χ4v) is 6.06. The Kier molecular flexibility index (Phi) is 9.68. The molecule has 5 rings (SSSR count). The van der Waals surface area contributed by atoms with E-state index in [0.29, 0.717) is 17.6 Å². The fourth-order valence-electron chi connectivity index (χ4n) is 5.55. The predicted molar refractivity (Wildman–Crippen MR) is 160 cm³/mol. The van der Waals surface area contributed by atoms with Crippen molar-refractivity contribution in [3.63, 3.8) is 0 Å². The van der Waals surface area contributed by atoms with Gasteiger partial charge in [-0.1, -0.05) is 40.2 Å². The average molecular weight is 680 g/mol. The van der Waals surface area contributed by atoms with Crippen LogP contribution in [0.2, 0.25) is 0 Å². The topological polar surface area (TPSA) is 60.7 Å². The van der Waals surface area contributed by atoms with E-state index >= 15 is 0 Å². The Hall–Kier alpha value is -3.39. The van der Waals surface area contributed by atoms with E-state index in [2.05, 4.69) is 35.8 Å². The number of hydrogen-bond donors (Lipinski definition) is 1. The van der Waals surface area contributed by atoms with E-state index in [1.807, 2.05) is 36.2 Å². The summed E-state index contributed by atoms with van der Waals surface area (Å²) in [6.45, 7) is 4.09. The lowest BCUT2D eigenvalue weighted by atomic mass is 9.92. The summed E-state index contributed by atoms with van der Waals surface area (Å²) in [5.74, 6) is -1.56. The molecular weight excluding hydrogens is 647 g/mol. The fraction of sp³-hybridized carbons (Fsp3) is 0.355. The molecule has 234 valence electrons. The molecule has 0 bridgehead atoms. The minimum absolute atomic E-state index is 0.0265. The first-order valence-electron chi connectivity index (χ1n) is 14.0.